The van der Waals surface area contributed by atoms with Crippen molar-refractivity contribution in [2.24, 2.45) is 0 Å². The zero-order valence-corrected chi connectivity index (χ0v) is 19.4. The number of oxazole rings is 1. The van der Waals surface area contributed by atoms with Gasteiger partial charge >= 0.3 is 0 Å². The van der Waals surface area contributed by atoms with Gasteiger partial charge in [0.05, 0.1) is 5.02 Å². The predicted octanol–water partition coefficient (Wildman–Crippen LogP) is 7.33. The number of nitrogens with zero attached hydrogens (tertiary/aromatic N) is 1. The molecule has 0 saturated heterocycles. The van der Waals surface area contributed by atoms with Gasteiger partial charge in [0.2, 0.25) is 5.89 Å². The number of benzene rings is 3. The predicted molar refractivity (Wildman–Crippen MR) is 129 cm³/mol. The molecule has 1 amide bonds. The zero-order chi connectivity index (χ0) is 22.8. The van der Waals surface area contributed by atoms with Gasteiger partial charge in [0.15, 0.2) is 11.7 Å². The van der Waals surface area contributed by atoms with Crippen LogP contribution in [-0.4, -0.2) is 17.0 Å². The van der Waals surface area contributed by atoms with Crippen molar-refractivity contribution in [2.45, 2.75) is 32.8 Å². The molecule has 1 heterocycles. The van der Waals surface area contributed by atoms with Crippen LogP contribution in [0.5, 0.6) is 5.75 Å². The lowest BCUT2D eigenvalue weighted by Crippen LogP contribution is -2.30. The number of carbonyl (C=O) groups is 1. The van der Waals surface area contributed by atoms with Crippen molar-refractivity contribution >= 4 is 45.9 Å². The van der Waals surface area contributed by atoms with E-state index in [1.165, 1.54) is 5.56 Å². The summed E-state index contributed by atoms with van der Waals surface area (Å²) in [6.45, 7) is 5.95. The Labute approximate surface area is 196 Å². The SMILES string of the molecule is CC(C)c1ccc(-c2nc3cc(NC(=O)[C@H](C)Oc4ccc(Cl)cc4Cl)ccc3o2)cc1. The van der Waals surface area contributed by atoms with Gasteiger partial charge in [-0.25, -0.2) is 4.98 Å². The first-order valence-corrected chi connectivity index (χ1v) is 11.0. The van der Waals surface area contributed by atoms with E-state index < -0.39 is 6.10 Å². The second-order valence-corrected chi connectivity index (χ2v) is 8.65. The van der Waals surface area contributed by atoms with Gasteiger partial charge in [0.1, 0.15) is 11.3 Å². The summed E-state index contributed by atoms with van der Waals surface area (Å²) < 4.78 is 11.6. The Morgan fingerprint density at radius 1 is 1.00 bits per heavy atom. The minimum atomic E-state index is -0.767. The molecule has 0 fully saturated rings. The molecule has 4 aromatic rings. The number of halogens is 2. The van der Waals surface area contributed by atoms with Crippen LogP contribution in [0.4, 0.5) is 5.69 Å². The summed E-state index contributed by atoms with van der Waals surface area (Å²) >= 11 is 12.0. The second kappa shape index (κ2) is 9.23. The summed E-state index contributed by atoms with van der Waals surface area (Å²) in [6.07, 6.45) is -0.767. The van der Waals surface area contributed by atoms with Crippen molar-refractivity contribution in [3.8, 4) is 17.2 Å². The normalized spacial score (nSPS) is 12.2. The van der Waals surface area contributed by atoms with Gasteiger partial charge in [-0.1, -0.05) is 49.2 Å². The molecule has 4 rings (SSSR count). The molecule has 1 atom stereocenters. The molecular formula is C25H22Cl2N2O3. The van der Waals surface area contributed by atoms with Crippen LogP contribution in [-0.2, 0) is 4.79 Å². The number of nitrogens with one attached hydrogen (secondary N) is 1. The molecule has 0 aliphatic heterocycles. The number of anilines is 1. The van der Waals surface area contributed by atoms with E-state index in [4.69, 9.17) is 32.4 Å². The highest BCUT2D eigenvalue weighted by Crippen LogP contribution is 2.29. The van der Waals surface area contributed by atoms with E-state index in [0.29, 0.717) is 44.4 Å². The number of ether oxygens (including phenoxy) is 1. The van der Waals surface area contributed by atoms with Crippen molar-refractivity contribution in [3.63, 3.8) is 0 Å². The van der Waals surface area contributed by atoms with E-state index in [0.717, 1.165) is 5.56 Å². The number of aromatic nitrogens is 1. The Hall–Kier alpha value is -3.02. The van der Waals surface area contributed by atoms with Gasteiger partial charge in [-0.2, -0.15) is 0 Å². The minimum absolute atomic E-state index is 0.316. The number of amides is 1. The molecule has 164 valence electrons. The Morgan fingerprint density at radius 2 is 1.75 bits per heavy atom. The highest BCUT2D eigenvalue weighted by molar-refractivity contribution is 6.35. The van der Waals surface area contributed by atoms with Crippen molar-refractivity contribution in [1.29, 1.82) is 0 Å². The maximum absolute atomic E-state index is 12.6. The number of fused-ring (bicyclic) bond motifs is 1. The van der Waals surface area contributed by atoms with Crippen molar-refractivity contribution in [2.75, 3.05) is 5.32 Å². The fourth-order valence-electron chi connectivity index (χ4n) is 3.20. The van der Waals surface area contributed by atoms with E-state index >= 15 is 0 Å². The van der Waals surface area contributed by atoms with Crippen molar-refractivity contribution < 1.29 is 13.9 Å². The number of carbonyl (C=O) groups excluding carboxylic acids is 1. The fourth-order valence-corrected chi connectivity index (χ4v) is 3.65. The molecule has 3 aromatic carbocycles. The fraction of sp³-hybridized carbons (Fsp3) is 0.200. The van der Waals surface area contributed by atoms with Crippen LogP contribution in [0.25, 0.3) is 22.6 Å². The molecule has 0 spiro atoms. The summed E-state index contributed by atoms with van der Waals surface area (Å²) in [5, 5.41) is 3.68. The maximum atomic E-state index is 12.6. The molecule has 0 saturated carbocycles. The quantitative estimate of drug-likeness (QED) is 0.321. The van der Waals surface area contributed by atoms with E-state index in [1.807, 2.05) is 12.1 Å². The highest BCUT2D eigenvalue weighted by Gasteiger charge is 2.17. The number of hydrogen-bond donors (Lipinski definition) is 1. The second-order valence-electron chi connectivity index (χ2n) is 7.80. The van der Waals surface area contributed by atoms with Crippen LogP contribution >= 0.6 is 23.2 Å². The van der Waals surface area contributed by atoms with Crippen LogP contribution in [0.3, 0.4) is 0 Å². The van der Waals surface area contributed by atoms with Crippen LogP contribution in [0, 0.1) is 0 Å². The highest BCUT2D eigenvalue weighted by atomic mass is 35.5. The van der Waals surface area contributed by atoms with Crippen molar-refractivity contribution in [1.82, 2.24) is 4.98 Å². The molecule has 1 aromatic heterocycles. The molecule has 5 nitrogen and oxygen atoms in total. The lowest BCUT2D eigenvalue weighted by molar-refractivity contribution is -0.122. The third-order valence-electron chi connectivity index (χ3n) is 5.05. The Bertz CT molecular complexity index is 1270. The monoisotopic (exact) mass is 468 g/mol. The van der Waals surface area contributed by atoms with Gasteiger partial charge in [0.25, 0.3) is 5.91 Å². The first-order valence-electron chi connectivity index (χ1n) is 10.2. The van der Waals surface area contributed by atoms with Crippen LogP contribution in [0.1, 0.15) is 32.3 Å². The standard InChI is InChI=1S/C25H22Cl2N2O3/c1-14(2)16-4-6-17(7-5-16)25-29-21-13-19(9-11-23(21)32-25)28-24(30)15(3)31-22-10-8-18(26)12-20(22)27/h4-15H,1-3H3,(H,28,30)/t15-/m0/s1. The van der Waals surface area contributed by atoms with Crippen molar-refractivity contribution in [3.05, 3.63) is 76.3 Å². The van der Waals surface area contributed by atoms with Gasteiger partial charge < -0.3 is 14.5 Å². The van der Waals surface area contributed by atoms with Crippen LogP contribution in [0.2, 0.25) is 10.0 Å². The third-order valence-corrected chi connectivity index (χ3v) is 5.58. The van der Waals surface area contributed by atoms with Gasteiger partial charge in [-0.05, 0) is 66.9 Å². The Balaban J connectivity index is 1.48. The third kappa shape index (κ3) is 4.90. The Morgan fingerprint density at radius 3 is 2.44 bits per heavy atom. The average Bonchev–Trinajstić information content (AvgIpc) is 3.19. The maximum Gasteiger partial charge on any atom is 0.265 e. The first kappa shape index (κ1) is 22.2. The van der Waals surface area contributed by atoms with E-state index in [2.05, 4.69) is 36.3 Å². The van der Waals surface area contributed by atoms with E-state index in [-0.39, 0.29) is 5.91 Å². The average molecular weight is 469 g/mol. The topological polar surface area (TPSA) is 64.4 Å². The molecular weight excluding hydrogens is 447 g/mol. The van der Waals surface area contributed by atoms with Gasteiger partial charge in [0, 0.05) is 16.3 Å². The lowest BCUT2D eigenvalue weighted by atomic mass is 10.0. The molecule has 0 unspecified atom stereocenters. The number of hydrogen-bond acceptors (Lipinski definition) is 4. The molecule has 0 bridgehead atoms. The van der Waals surface area contributed by atoms with E-state index in [1.54, 1.807) is 43.3 Å². The largest absolute Gasteiger partial charge is 0.479 e. The summed E-state index contributed by atoms with van der Waals surface area (Å²) in [5.41, 5.74) is 4.04. The summed E-state index contributed by atoms with van der Waals surface area (Å²) in [7, 11) is 0. The van der Waals surface area contributed by atoms with Gasteiger partial charge in [-0.15, -0.1) is 0 Å². The first-order chi connectivity index (χ1) is 15.3. The molecule has 32 heavy (non-hydrogen) atoms. The smallest absolute Gasteiger partial charge is 0.265 e. The molecule has 0 aliphatic rings. The molecule has 7 heteroatoms. The molecule has 0 aliphatic carbocycles. The molecule has 0 radical (unpaired) electrons. The van der Waals surface area contributed by atoms with E-state index in [9.17, 15) is 4.79 Å². The van der Waals surface area contributed by atoms with Crippen LogP contribution < -0.4 is 10.1 Å². The van der Waals surface area contributed by atoms with Crippen LogP contribution in [0.15, 0.2) is 65.1 Å². The minimum Gasteiger partial charge on any atom is -0.479 e. The summed E-state index contributed by atoms with van der Waals surface area (Å²) in [4.78, 5) is 17.2. The summed E-state index contributed by atoms with van der Waals surface area (Å²) in [6, 6.07) is 18.3. The van der Waals surface area contributed by atoms with Gasteiger partial charge in [-0.3, -0.25) is 4.79 Å². The Kier molecular flexibility index (Phi) is 6.40. The summed E-state index contributed by atoms with van der Waals surface area (Å²) in [5.74, 6) is 1.07. The molecule has 1 N–H and O–H groups in total. The lowest BCUT2D eigenvalue weighted by Gasteiger charge is -2.15. The number of rotatable bonds is 6. The zero-order valence-electron chi connectivity index (χ0n) is 17.9.